The first kappa shape index (κ1) is 14.6. The fourth-order valence-electron chi connectivity index (χ4n) is 1.32. The summed E-state index contributed by atoms with van der Waals surface area (Å²) in [5, 5.41) is 20.1. The number of aliphatic hydroxyl groups excluding tert-OH is 1. The lowest BCUT2D eigenvalue weighted by Crippen LogP contribution is -2.47. The number of benzene rings is 1. The summed E-state index contributed by atoms with van der Waals surface area (Å²) in [5.41, 5.74) is -0.301. The van der Waals surface area contributed by atoms with Crippen LogP contribution in [-0.4, -0.2) is 34.2 Å². The summed E-state index contributed by atoms with van der Waals surface area (Å²) >= 11 is 3.00. The monoisotopic (exact) mass is 319 g/mol. The van der Waals surface area contributed by atoms with Crippen molar-refractivity contribution in [3.05, 3.63) is 34.1 Å². The number of nitrogens with one attached hydrogen (secondary N) is 1. The summed E-state index contributed by atoms with van der Waals surface area (Å²) < 4.78 is 13.7. The van der Waals surface area contributed by atoms with E-state index < -0.39 is 29.8 Å². The normalized spacial score (nSPS) is 13.8. The van der Waals surface area contributed by atoms with Gasteiger partial charge in [0.15, 0.2) is 6.04 Å². The minimum absolute atomic E-state index is 0.203. The van der Waals surface area contributed by atoms with E-state index in [2.05, 4.69) is 21.2 Å². The molecule has 0 aliphatic heterocycles. The average molecular weight is 320 g/mol. The van der Waals surface area contributed by atoms with Crippen LogP contribution in [0.2, 0.25) is 0 Å². The first-order valence-corrected chi connectivity index (χ1v) is 5.79. The third-order valence-corrected chi connectivity index (χ3v) is 2.89. The Balaban J connectivity index is 2.98. The molecule has 5 nitrogen and oxygen atoms in total. The maximum atomic E-state index is 13.5. The molecule has 98 valence electrons. The Morgan fingerprint density at radius 1 is 1.44 bits per heavy atom. The highest BCUT2D eigenvalue weighted by molar-refractivity contribution is 9.10. The number of carboxylic acid groups (broad SMARTS) is 1. The predicted molar refractivity (Wildman–Crippen MR) is 64.7 cm³/mol. The lowest BCUT2D eigenvalue weighted by atomic mass is 10.1. The van der Waals surface area contributed by atoms with Gasteiger partial charge in [0.2, 0.25) is 0 Å². The molecule has 18 heavy (non-hydrogen) atoms. The van der Waals surface area contributed by atoms with E-state index >= 15 is 0 Å². The van der Waals surface area contributed by atoms with Gasteiger partial charge in [-0.15, -0.1) is 0 Å². The van der Waals surface area contributed by atoms with Crippen molar-refractivity contribution < 1.29 is 24.2 Å². The molecule has 2 atom stereocenters. The van der Waals surface area contributed by atoms with Crippen molar-refractivity contribution in [2.75, 3.05) is 0 Å². The van der Waals surface area contributed by atoms with Crippen LogP contribution in [0, 0.1) is 5.82 Å². The fourth-order valence-corrected chi connectivity index (χ4v) is 1.84. The van der Waals surface area contributed by atoms with E-state index in [-0.39, 0.29) is 10.0 Å². The second kappa shape index (κ2) is 5.92. The number of halogens is 2. The number of hydrogen-bond acceptors (Lipinski definition) is 3. The number of hydrogen-bond donors (Lipinski definition) is 3. The number of carbonyl (C=O) groups is 2. The van der Waals surface area contributed by atoms with Crippen LogP contribution < -0.4 is 5.32 Å². The van der Waals surface area contributed by atoms with Gasteiger partial charge in [-0.1, -0.05) is 6.07 Å². The molecule has 1 rings (SSSR count). The Kier molecular flexibility index (Phi) is 4.80. The molecule has 1 aromatic rings. The van der Waals surface area contributed by atoms with Crippen molar-refractivity contribution in [1.29, 1.82) is 0 Å². The van der Waals surface area contributed by atoms with Gasteiger partial charge in [0.05, 0.1) is 11.7 Å². The number of amides is 1. The van der Waals surface area contributed by atoms with Crippen LogP contribution in [0.3, 0.4) is 0 Å². The summed E-state index contributed by atoms with van der Waals surface area (Å²) in [5.74, 6) is -3.09. The van der Waals surface area contributed by atoms with Crippen molar-refractivity contribution in [2.45, 2.75) is 19.1 Å². The molecule has 0 bridgehead atoms. The van der Waals surface area contributed by atoms with Gasteiger partial charge in [-0.25, -0.2) is 9.18 Å². The van der Waals surface area contributed by atoms with Crippen molar-refractivity contribution in [3.8, 4) is 0 Å². The Morgan fingerprint density at radius 2 is 2.06 bits per heavy atom. The first-order chi connectivity index (χ1) is 8.34. The first-order valence-electron chi connectivity index (χ1n) is 5.00. The lowest BCUT2D eigenvalue weighted by molar-refractivity contribution is -0.141. The van der Waals surface area contributed by atoms with Gasteiger partial charge in [0.25, 0.3) is 5.91 Å². The van der Waals surface area contributed by atoms with Crippen molar-refractivity contribution >= 4 is 27.8 Å². The molecular weight excluding hydrogens is 309 g/mol. The SMILES string of the molecule is CC(O)C(NC(=O)c1c(F)cccc1Br)C(=O)O. The van der Waals surface area contributed by atoms with E-state index in [0.717, 1.165) is 6.07 Å². The van der Waals surface area contributed by atoms with Crippen LogP contribution in [0.5, 0.6) is 0 Å². The average Bonchev–Trinajstić information content (AvgIpc) is 2.24. The summed E-state index contributed by atoms with van der Waals surface area (Å²) in [6.07, 6.45) is -1.29. The molecule has 0 radical (unpaired) electrons. The molecule has 3 N–H and O–H groups in total. The van der Waals surface area contributed by atoms with Crippen LogP contribution in [0.4, 0.5) is 4.39 Å². The third-order valence-electron chi connectivity index (χ3n) is 2.22. The second-order valence-electron chi connectivity index (χ2n) is 3.63. The molecular formula is C11H11BrFNO4. The maximum Gasteiger partial charge on any atom is 0.328 e. The number of aliphatic carboxylic acids is 1. The van der Waals surface area contributed by atoms with Crippen LogP contribution in [0.15, 0.2) is 22.7 Å². The number of aliphatic hydroxyl groups is 1. The Bertz CT molecular complexity index is 458. The molecule has 0 saturated heterocycles. The van der Waals surface area contributed by atoms with Gasteiger partial charge in [0.1, 0.15) is 5.82 Å². The van der Waals surface area contributed by atoms with Gasteiger partial charge >= 0.3 is 5.97 Å². The summed E-state index contributed by atoms with van der Waals surface area (Å²) in [7, 11) is 0. The highest BCUT2D eigenvalue weighted by Crippen LogP contribution is 2.19. The van der Waals surface area contributed by atoms with Crippen LogP contribution in [-0.2, 0) is 4.79 Å². The van der Waals surface area contributed by atoms with Gasteiger partial charge in [0, 0.05) is 4.47 Å². The van der Waals surface area contributed by atoms with E-state index in [1.54, 1.807) is 0 Å². The summed E-state index contributed by atoms with van der Waals surface area (Å²) in [6, 6.07) is 2.44. The van der Waals surface area contributed by atoms with Crippen LogP contribution in [0.25, 0.3) is 0 Å². The predicted octanol–water partition coefficient (Wildman–Crippen LogP) is 1.15. The zero-order valence-electron chi connectivity index (χ0n) is 9.35. The minimum atomic E-state index is -1.50. The standard InChI is InChI=1S/C11H11BrFNO4/c1-5(15)9(11(17)18)14-10(16)8-6(12)3-2-4-7(8)13/h2-5,9,15H,1H3,(H,14,16)(H,17,18). The topological polar surface area (TPSA) is 86.6 Å². The van der Waals surface area contributed by atoms with E-state index in [1.807, 2.05) is 0 Å². The molecule has 0 aromatic heterocycles. The number of rotatable bonds is 4. The van der Waals surface area contributed by atoms with Gasteiger partial charge in [-0.3, -0.25) is 4.79 Å². The Hall–Kier alpha value is -1.47. The second-order valence-corrected chi connectivity index (χ2v) is 4.48. The van der Waals surface area contributed by atoms with Crippen molar-refractivity contribution in [2.24, 2.45) is 0 Å². The molecule has 2 unspecified atom stereocenters. The third kappa shape index (κ3) is 3.27. The molecule has 1 amide bonds. The van der Waals surface area contributed by atoms with Gasteiger partial charge in [-0.05, 0) is 35.0 Å². The number of carbonyl (C=O) groups excluding carboxylic acids is 1. The quantitative estimate of drug-likeness (QED) is 0.777. The van der Waals surface area contributed by atoms with Crippen LogP contribution in [0.1, 0.15) is 17.3 Å². The van der Waals surface area contributed by atoms with Crippen molar-refractivity contribution in [3.63, 3.8) is 0 Å². The maximum absolute atomic E-state index is 13.5. The molecule has 0 saturated carbocycles. The smallest absolute Gasteiger partial charge is 0.328 e. The summed E-state index contributed by atoms with van der Waals surface area (Å²) in [6.45, 7) is 1.22. The van der Waals surface area contributed by atoms with E-state index in [1.165, 1.54) is 19.1 Å². The fraction of sp³-hybridized carbons (Fsp3) is 0.273. The zero-order chi connectivity index (χ0) is 13.9. The van der Waals surface area contributed by atoms with Gasteiger partial charge in [-0.2, -0.15) is 0 Å². The molecule has 7 heteroatoms. The highest BCUT2D eigenvalue weighted by atomic mass is 79.9. The Labute approximate surface area is 111 Å². The van der Waals surface area contributed by atoms with E-state index in [9.17, 15) is 19.1 Å². The highest BCUT2D eigenvalue weighted by Gasteiger charge is 2.27. The van der Waals surface area contributed by atoms with Gasteiger partial charge < -0.3 is 15.5 Å². The molecule has 0 heterocycles. The minimum Gasteiger partial charge on any atom is -0.480 e. The number of carboxylic acids is 1. The molecule has 0 aliphatic carbocycles. The van der Waals surface area contributed by atoms with Crippen LogP contribution >= 0.6 is 15.9 Å². The molecule has 0 spiro atoms. The zero-order valence-corrected chi connectivity index (χ0v) is 10.9. The molecule has 0 aliphatic rings. The van der Waals surface area contributed by atoms with Crippen molar-refractivity contribution in [1.82, 2.24) is 5.32 Å². The molecule has 1 aromatic carbocycles. The van der Waals surface area contributed by atoms with E-state index in [0.29, 0.717) is 0 Å². The summed E-state index contributed by atoms with van der Waals surface area (Å²) in [4.78, 5) is 22.5. The Morgan fingerprint density at radius 3 is 2.50 bits per heavy atom. The molecule has 0 fully saturated rings. The van der Waals surface area contributed by atoms with E-state index in [4.69, 9.17) is 5.11 Å². The largest absolute Gasteiger partial charge is 0.480 e. The lowest BCUT2D eigenvalue weighted by Gasteiger charge is -2.17.